The lowest BCUT2D eigenvalue weighted by molar-refractivity contribution is 0.454. The molecule has 0 amide bonds. The van der Waals surface area contributed by atoms with Crippen molar-refractivity contribution in [3.8, 4) is 0 Å². The van der Waals surface area contributed by atoms with Crippen LogP contribution < -0.4 is 5.32 Å². The quantitative estimate of drug-likeness (QED) is 0.850. The van der Waals surface area contributed by atoms with Crippen molar-refractivity contribution < 1.29 is 4.42 Å². The highest BCUT2D eigenvalue weighted by Crippen LogP contribution is 2.33. The maximum absolute atomic E-state index is 6.31. The largest absolute Gasteiger partial charge is 0.439 e. The zero-order chi connectivity index (χ0) is 14.5. The Bertz CT molecular complexity index is 569. The van der Waals surface area contributed by atoms with Gasteiger partial charge in [0.25, 0.3) is 5.22 Å². The first-order valence-electron chi connectivity index (χ1n) is 6.63. The minimum atomic E-state index is 0.620. The van der Waals surface area contributed by atoms with Crippen LogP contribution in [0.1, 0.15) is 25.1 Å². The van der Waals surface area contributed by atoms with Gasteiger partial charge in [-0.15, -0.1) is 0 Å². The van der Waals surface area contributed by atoms with E-state index in [1.807, 2.05) is 19.1 Å². The summed E-state index contributed by atoms with van der Waals surface area (Å²) in [5.41, 5.74) is 2.06. The molecule has 3 nitrogen and oxygen atoms in total. The summed E-state index contributed by atoms with van der Waals surface area (Å²) in [5, 5.41) is 4.76. The minimum absolute atomic E-state index is 0.620. The van der Waals surface area contributed by atoms with Gasteiger partial charge < -0.3 is 9.73 Å². The van der Waals surface area contributed by atoms with Crippen LogP contribution in [0.3, 0.4) is 0 Å². The minimum Gasteiger partial charge on any atom is -0.439 e. The van der Waals surface area contributed by atoms with Crippen molar-refractivity contribution in [2.75, 3.05) is 6.54 Å². The lowest BCUT2D eigenvalue weighted by Gasteiger charge is -2.09. The number of hydrogen-bond donors (Lipinski definition) is 1. The molecular weight excluding hydrogens is 292 g/mol. The lowest BCUT2D eigenvalue weighted by Crippen LogP contribution is -2.18. The zero-order valence-corrected chi connectivity index (χ0v) is 13.5. The molecule has 1 aromatic carbocycles. The monoisotopic (exact) mass is 310 g/mol. The van der Waals surface area contributed by atoms with Gasteiger partial charge in [-0.25, -0.2) is 4.98 Å². The Morgan fingerprint density at radius 2 is 2.20 bits per heavy atom. The number of hydrogen-bond acceptors (Lipinski definition) is 4. The molecule has 0 saturated heterocycles. The van der Waals surface area contributed by atoms with E-state index >= 15 is 0 Å². The van der Waals surface area contributed by atoms with Crippen molar-refractivity contribution in [1.82, 2.24) is 10.3 Å². The zero-order valence-electron chi connectivity index (χ0n) is 11.9. The third-order valence-electron chi connectivity index (χ3n) is 2.67. The summed E-state index contributed by atoms with van der Waals surface area (Å²) in [6.07, 6.45) is 1.64. The fraction of sp³-hybridized carbons (Fsp3) is 0.400. The summed E-state index contributed by atoms with van der Waals surface area (Å²) in [6.45, 7) is 8.12. The van der Waals surface area contributed by atoms with Gasteiger partial charge in [0.1, 0.15) is 6.26 Å². The van der Waals surface area contributed by atoms with E-state index in [9.17, 15) is 0 Å². The molecule has 1 heterocycles. The Morgan fingerprint density at radius 3 is 2.80 bits per heavy atom. The molecule has 0 aliphatic carbocycles. The van der Waals surface area contributed by atoms with E-state index in [2.05, 4.69) is 30.2 Å². The maximum atomic E-state index is 6.31. The molecular formula is C15H19ClN2OS. The normalized spacial score (nSPS) is 11.2. The highest BCUT2D eigenvalue weighted by atomic mass is 35.5. The highest BCUT2D eigenvalue weighted by molar-refractivity contribution is 7.99. The van der Waals surface area contributed by atoms with Crippen LogP contribution in [0.5, 0.6) is 0 Å². The van der Waals surface area contributed by atoms with Crippen molar-refractivity contribution in [3.05, 3.63) is 40.7 Å². The Hall–Kier alpha value is -0.970. The maximum Gasteiger partial charge on any atom is 0.260 e. The van der Waals surface area contributed by atoms with E-state index in [1.54, 1.807) is 6.26 Å². The van der Waals surface area contributed by atoms with Gasteiger partial charge >= 0.3 is 0 Å². The summed E-state index contributed by atoms with van der Waals surface area (Å²) in [6, 6.07) is 6.09. The molecule has 5 heteroatoms. The summed E-state index contributed by atoms with van der Waals surface area (Å²) in [7, 11) is 0. The fourth-order valence-electron chi connectivity index (χ4n) is 1.72. The Labute approximate surface area is 129 Å². The standard InChI is InChI=1S/C15H19ClN2OS/c1-10(2)7-17-8-12-4-5-14(13(16)6-12)20-15-18-11(3)9-19-15/h4-6,9-10,17H,7-8H2,1-3H3. The van der Waals surface area contributed by atoms with Gasteiger partial charge in [-0.3, -0.25) is 0 Å². The van der Waals surface area contributed by atoms with Gasteiger partial charge in [0.15, 0.2) is 0 Å². The van der Waals surface area contributed by atoms with Crippen molar-refractivity contribution in [2.24, 2.45) is 5.92 Å². The highest BCUT2D eigenvalue weighted by Gasteiger charge is 2.08. The lowest BCUT2D eigenvalue weighted by atomic mass is 10.2. The van der Waals surface area contributed by atoms with E-state index in [1.165, 1.54) is 17.3 Å². The van der Waals surface area contributed by atoms with Gasteiger partial charge in [-0.1, -0.05) is 31.5 Å². The number of rotatable bonds is 6. The first kappa shape index (κ1) is 15.4. The molecule has 20 heavy (non-hydrogen) atoms. The van der Waals surface area contributed by atoms with Crippen molar-refractivity contribution in [3.63, 3.8) is 0 Å². The van der Waals surface area contributed by atoms with Crippen LogP contribution in [-0.2, 0) is 6.54 Å². The molecule has 1 aromatic heterocycles. The fourth-order valence-corrected chi connectivity index (χ4v) is 2.80. The van der Waals surface area contributed by atoms with Crippen LogP contribution in [0.15, 0.2) is 39.0 Å². The first-order valence-corrected chi connectivity index (χ1v) is 7.83. The van der Waals surface area contributed by atoms with Crippen LogP contribution in [-0.4, -0.2) is 11.5 Å². The number of aromatic nitrogens is 1. The summed E-state index contributed by atoms with van der Waals surface area (Å²) in [4.78, 5) is 5.22. The van der Waals surface area contributed by atoms with Gasteiger partial charge in [0.2, 0.25) is 0 Å². The smallest absolute Gasteiger partial charge is 0.260 e. The summed E-state index contributed by atoms with van der Waals surface area (Å²) < 4.78 is 5.33. The molecule has 0 aliphatic heterocycles. The SMILES string of the molecule is Cc1coc(Sc2ccc(CNCC(C)C)cc2Cl)n1. The van der Waals surface area contributed by atoms with Crippen LogP contribution in [0.25, 0.3) is 0 Å². The molecule has 2 rings (SSSR count). The van der Waals surface area contributed by atoms with Crippen LogP contribution in [0, 0.1) is 12.8 Å². The molecule has 0 saturated carbocycles. The van der Waals surface area contributed by atoms with E-state index in [0.717, 1.165) is 28.7 Å². The summed E-state index contributed by atoms with van der Waals surface area (Å²) >= 11 is 7.75. The molecule has 0 fully saturated rings. The van der Waals surface area contributed by atoms with E-state index < -0.39 is 0 Å². The number of benzene rings is 1. The second-order valence-corrected chi connectivity index (χ2v) is 6.55. The Kier molecular flexibility index (Phi) is 5.52. The van der Waals surface area contributed by atoms with Gasteiger partial charge in [-0.2, -0.15) is 0 Å². The van der Waals surface area contributed by atoms with Gasteiger partial charge in [-0.05, 0) is 48.8 Å². The number of nitrogens with zero attached hydrogens (tertiary/aromatic N) is 1. The summed E-state index contributed by atoms with van der Waals surface area (Å²) in [5.74, 6) is 0.647. The van der Waals surface area contributed by atoms with Crippen LogP contribution in [0.4, 0.5) is 0 Å². The molecule has 0 radical (unpaired) electrons. The average Bonchev–Trinajstić information content (AvgIpc) is 2.78. The number of halogens is 1. The topological polar surface area (TPSA) is 38.1 Å². The molecule has 108 valence electrons. The van der Waals surface area contributed by atoms with Crippen molar-refractivity contribution in [2.45, 2.75) is 37.4 Å². The second-order valence-electron chi connectivity index (χ2n) is 5.15. The molecule has 0 bridgehead atoms. The van der Waals surface area contributed by atoms with E-state index in [-0.39, 0.29) is 0 Å². The molecule has 1 N–H and O–H groups in total. The third kappa shape index (κ3) is 4.54. The Balaban J connectivity index is 1.98. The van der Waals surface area contributed by atoms with Gasteiger partial charge in [0, 0.05) is 11.4 Å². The molecule has 0 aliphatic rings. The van der Waals surface area contributed by atoms with Crippen LogP contribution in [0.2, 0.25) is 5.02 Å². The molecule has 0 spiro atoms. The predicted molar refractivity (Wildman–Crippen MR) is 83.4 cm³/mol. The van der Waals surface area contributed by atoms with E-state index in [0.29, 0.717) is 11.1 Å². The molecule has 0 atom stereocenters. The number of nitrogens with one attached hydrogen (secondary N) is 1. The Morgan fingerprint density at radius 1 is 1.40 bits per heavy atom. The second kappa shape index (κ2) is 7.16. The average molecular weight is 311 g/mol. The van der Waals surface area contributed by atoms with E-state index in [4.69, 9.17) is 16.0 Å². The molecule has 2 aromatic rings. The first-order chi connectivity index (χ1) is 9.54. The number of aryl methyl sites for hydroxylation is 1. The van der Waals surface area contributed by atoms with Gasteiger partial charge in [0.05, 0.1) is 10.7 Å². The molecule has 0 unspecified atom stereocenters. The number of oxazole rings is 1. The van der Waals surface area contributed by atoms with Crippen molar-refractivity contribution in [1.29, 1.82) is 0 Å². The van der Waals surface area contributed by atoms with Crippen LogP contribution >= 0.6 is 23.4 Å². The van der Waals surface area contributed by atoms with Crippen molar-refractivity contribution >= 4 is 23.4 Å². The predicted octanol–water partition coefficient (Wildman–Crippen LogP) is 4.53. The third-order valence-corrected chi connectivity index (χ3v) is 4.04.